The third kappa shape index (κ3) is 2.87. The van der Waals surface area contributed by atoms with Crippen molar-refractivity contribution in [1.29, 1.82) is 0 Å². The summed E-state index contributed by atoms with van der Waals surface area (Å²) in [6.45, 7) is 0. The summed E-state index contributed by atoms with van der Waals surface area (Å²) in [4.78, 5) is 1.13. The van der Waals surface area contributed by atoms with Crippen LogP contribution in [0.3, 0.4) is 0 Å². The molecule has 4 rings (SSSR count). The fraction of sp³-hybridized carbons (Fsp3) is 0. The van der Waals surface area contributed by atoms with Gasteiger partial charge in [-0.15, -0.1) is 22.7 Å². The first-order valence-corrected chi connectivity index (χ1v) is 7.76. The molecule has 98 valence electrons. The van der Waals surface area contributed by atoms with Crippen molar-refractivity contribution in [2.75, 3.05) is 0 Å². The van der Waals surface area contributed by atoms with Crippen LogP contribution in [0.2, 0.25) is 0 Å². The van der Waals surface area contributed by atoms with Crippen molar-refractivity contribution >= 4 is 42.8 Å². The molecule has 4 aromatic rings. The first kappa shape index (κ1) is 18.3. The first-order valence-electron chi connectivity index (χ1n) is 6.13. The van der Waals surface area contributed by atoms with Crippen LogP contribution in [0.25, 0.3) is 29.9 Å². The van der Waals surface area contributed by atoms with Gasteiger partial charge in [0.25, 0.3) is 0 Å². The van der Waals surface area contributed by atoms with Crippen molar-refractivity contribution in [2.24, 2.45) is 0 Å². The third-order valence-corrected chi connectivity index (χ3v) is 5.77. The van der Waals surface area contributed by atoms with Crippen LogP contribution < -0.4 is 69.3 Å². The van der Waals surface area contributed by atoms with E-state index in [-0.39, 0.29) is 70.6 Å². The SMILES string of the molecule is [Na+].[Na+].[O-]c1c(-c2sc3ccccc3c2[O-])sc2ccccc12. The zero-order chi connectivity index (χ0) is 13.7. The molecule has 0 aliphatic heterocycles. The van der Waals surface area contributed by atoms with Crippen molar-refractivity contribution in [3.63, 3.8) is 0 Å². The molecule has 0 aliphatic rings. The number of fused-ring (bicyclic) bond motifs is 2. The van der Waals surface area contributed by atoms with Gasteiger partial charge in [-0.2, -0.15) is 0 Å². The van der Waals surface area contributed by atoms with Crippen molar-refractivity contribution in [3.8, 4) is 21.3 Å². The second kappa shape index (κ2) is 7.24. The fourth-order valence-electron chi connectivity index (χ4n) is 2.34. The Hall–Kier alpha value is -0.0400. The van der Waals surface area contributed by atoms with Crippen LogP contribution in [0.5, 0.6) is 11.5 Å². The molecular weight excluding hydrogens is 334 g/mol. The van der Waals surface area contributed by atoms with E-state index in [1.807, 2.05) is 48.5 Å². The summed E-state index contributed by atoms with van der Waals surface area (Å²) in [6, 6.07) is 15.0. The van der Waals surface area contributed by atoms with Crippen molar-refractivity contribution in [1.82, 2.24) is 0 Å². The van der Waals surface area contributed by atoms with Gasteiger partial charge in [0.1, 0.15) is 0 Å². The van der Waals surface area contributed by atoms with Crippen molar-refractivity contribution < 1.29 is 69.3 Å². The first-order chi connectivity index (χ1) is 9.75. The van der Waals surface area contributed by atoms with E-state index >= 15 is 0 Å². The van der Waals surface area contributed by atoms with Crippen LogP contribution in [0.15, 0.2) is 48.5 Å². The predicted molar refractivity (Wildman–Crippen MR) is 81.5 cm³/mol. The van der Waals surface area contributed by atoms with Crippen LogP contribution in [-0.2, 0) is 0 Å². The molecule has 0 N–H and O–H groups in total. The molecule has 0 fully saturated rings. The van der Waals surface area contributed by atoms with Crippen LogP contribution in [0.1, 0.15) is 0 Å². The van der Waals surface area contributed by atoms with Gasteiger partial charge in [0.05, 0.1) is 0 Å². The Morgan fingerprint density at radius 1 is 0.591 bits per heavy atom. The summed E-state index contributed by atoms with van der Waals surface area (Å²) >= 11 is 2.81. The Balaban J connectivity index is 0.000000882. The maximum absolute atomic E-state index is 12.4. The molecule has 2 heterocycles. The maximum atomic E-state index is 12.4. The van der Waals surface area contributed by atoms with Gasteiger partial charge in [0.2, 0.25) is 0 Å². The average Bonchev–Trinajstić information content (AvgIpc) is 2.98. The number of thiophene rings is 2. The summed E-state index contributed by atoms with van der Waals surface area (Å²) in [5, 5.41) is 26.3. The monoisotopic (exact) mass is 342 g/mol. The third-order valence-electron chi connectivity index (χ3n) is 3.31. The molecule has 0 saturated carbocycles. The topological polar surface area (TPSA) is 46.1 Å². The zero-order valence-corrected chi connectivity index (χ0v) is 17.9. The second-order valence-electron chi connectivity index (χ2n) is 4.51. The van der Waals surface area contributed by atoms with Gasteiger partial charge in [-0.05, 0) is 22.9 Å². The second-order valence-corrected chi connectivity index (χ2v) is 6.62. The minimum atomic E-state index is -0.0331. The van der Waals surface area contributed by atoms with Gasteiger partial charge in [-0.3, -0.25) is 0 Å². The van der Waals surface area contributed by atoms with Crippen molar-refractivity contribution in [2.45, 2.75) is 0 Å². The Morgan fingerprint density at radius 2 is 0.955 bits per heavy atom. The smallest absolute Gasteiger partial charge is 0.871 e. The summed E-state index contributed by atoms with van der Waals surface area (Å²) in [5.74, 6) is -0.0662. The predicted octanol–water partition coefficient (Wildman–Crippen LogP) is -2.06. The van der Waals surface area contributed by atoms with Gasteiger partial charge < -0.3 is 10.2 Å². The molecule has 2 nitrogen and oxygen atoms in total. The number of hydrogen-bond acceptors (Lipinski definition) is 4. The standard InChI is InChI=1S/C16H10O2S2.2Na/c17-13-9-5-1-3-7-11(9)19-15(13)16-14(18)10-6-2-4-8-12(10)20-16;;/h1-8,17-18H;;/q;2*+1/p-2. The van der Waals surface area contributed by atoms with Gasteiger partial charge in [0, 0.05) is 19.2 Å². The Morgan fingerprint density at radius 3 is 1.32 bits per heavy atom. The van der Waals surface area contributed by atoms with Gasteiger partial charge in [-0.25, -0.2) is 0 Å². The summed E-state index contributed by atoms with van der Waals surface area (Å²) in [6.07, 6.45) is 0. The Labute approximate surface area is 180 Å². The molecule has 2 aromatic heterocycles. The van der Waals surface area contributed by atoms with E-state index in [1.54, 1.807) is 0 Å². The molecule has 0 bridgehead atoms. The van der Waals surface area contributed by atoms with Crippen LogP contribution in [-0.4, -0.2) is 0 Å². The van der Waals surface area contributed by atoms with Gasteiger partial charge >= 0.3 is 59.1 Å². The van der Waals surface area contributed by atoms with Crippen LogP contribution >= 0.6 is 22.7 Å². The summed E-state index contributed by atoms with van der Waals surface area (Å²) in [7, 11) is 0. The molecule has 0 spiro atoms. The summed E-state index contributed by atoms with van der Waals surface area (Å²) < 4.78 is 1.87. The molecule has 0 saturated heterocycles. The molecular formula is C16H8Na2O2S2. The van der Waals surface area contributed by atoms with E-state index in [2.05, 4.69) is 0 Å². The maximum Gasteiger partial charge on any atom is 1.00 e. The molecule has 6 heteroatoms. The van der Waals surface area contributed by atoms with Gasteiger partial charge in [-0.1, -0.05) is 47.9 Å². The number of hydrogen-bond donors (Lipinski definition) is 0. The van der Waals surface area contributed by atoms with E-state index < -0.39 is 0 Å². The van der Waals surface area contributed by atoms with Crippen molar-refractivity contribution in [3.05, 3.63) is 48.5 Å². The van der Waals surface area contributed by atoms with Crippen LogP contribution in [0, 0.1) is 0 Å². The van der Waals surface area contributed by atoms with Crippen LogP contribution in [0.4, 0.5) is 0 Å². The molecule has 0 unspecified atom stereocenters. The zero-order valence-electron chi connectivity index (χ0n) is 12.3. The minimum absolute atomic E-state index is 0. The largest absolute Gasteiger partial charge is 1.00 e. The van der Waals surface area contributed by atoms with E-state index in [0.29, 0.717) is 20.5 Å². The molecule has 22 heavy (non-hydrogen) atoms. The Kier molecular flexibility index (Phi) is 6.02. The minimum Gasteiger partial charge on any atom is -0.871 e. The van der Waals surface area contributed by atoms with E-state index in [9.17, 15) is 10.2 Å². The summed E-state index contributed by atoms with van der Waals surface area (Å²) in [5.41, 5.74) is 0. The molecule has 0 aliphatic carbocycles. The number of benzene rings is 2. The average molecular weight is 342 g/mol. The van der Waals surface area contributed by atoms with E-state index in [0.717, 1.165) is 9.40 Å². The van der Waals surface area contributed by atoms with E-state index in [1.165, 1.54) is 22.7 Å². The van der Waals surface area contributed by atoms with Gasteiger partial charge in [0.15, 0.2) is 0 Å². The normalized spacial score (nSPS) is 10.4. The molecule has 0 amide bonds. The van der Waals surface area contributed by atoms with E-state index in [4.69, 9.17) is 0 Å². The fourth-order valence-corrected chi connectivity index (χ4v) is 4.64. The molecule has 2 aromatic carbocycles. The Bertz CT molecular complexity index is 866. The quantitative estimate of drug-likeness (QED) is 0.374. The molecule has 0 atom stereocenters. The molecule has 0 radical (unpaired) electrons. The number of rotatable bonds is 1.